The topological polar surface area (TPSA) is 15.3 Å². The summed E-state index contributed by atoms with van der Waals surface area (Å²) < 4.78 is 36.9. The van der Waals surface area contributed by atoms with Crippen LogP contribution in [0.25, 0.3) is 0 Å². The molecule has 1 aromatic rings. The molecule has 0 amide bonds. The lowest BCUT2D eigenvalue weighted by Crippen LogP contribution is -2.27. The van der Waals surface area contributed by atoms with E-state index in [0.29, 0.717) is 23.3 Å². The van der Waals surface area contributed by atoms with E-state index in [1.807, 2.05) is 19.9 Å². The molecule has 20 heavy (non-hydrogen) atoms. The maximum Gasteiger partial charge on any atom is 0.390 e. The molecule has 1 N–H and O–H groups in total. The van der Waals surface area contributed by atoms with Crippen LogP contribution >= 0.6 is 11.6 Å². The number of nitrogens with one attached hydrogen (secondary N) is 1. The number of para-hydroxylation sites is 1. The number of benzene rings is 1. The summed E-state index contributed by atoms with van der Waals surface area (Å²) in [4.78, 5) is 1.56. The van der Waals surface area contributed by atoms with Crippen molar-refractivity contribution in [1.82, 2.24) is 5.32 Å². The van der Waals surface area contributed by atoms with E-state index in [2.05, 4.69) is 5.32 Å². The fourth-order valence-electron chi connectivity index (χ4n) is 1.85. The Morgan fingerprint density at radius 1 is 1.30 bits per heavy atom. The number of rotatable bonds is 6. The zero-order chi connectivity index (χ0) is 15.3. The Bertz CT molecular complexity index is 433. The summed E-state index contributed by atoms with van der Waals surface area (Å²) >= 11 is 6.14. The van der Waals surface area contributed by atoms with Crippen LogP contribution in [0.3, 0.4) is 0 Å². The van der Waals surface area contributed by atoms with Crippen molar-refractivity contribution in [3.05, 3.63) is 28.8 Å². The maximum atomic E-state index is 12.3. The van der Waals surface area contributed by atoms with E-state index in [-0.39, 0.29) is 6.54 Å². The highest BCUT2D eigenvalue weighted by molar-refractivity contribution is 6.33. The highest BCUT2D eigenvalue weighted by Crippen LogP contribution is 2.30. The molecule has 6 heteroatoms. The van der Waals surface area contributed by atoms with Crippen molar-refractivity contribution < 1.29 is 13.2 Å². The van der Waals surface area contributed by atoms with Gasteiger partial charge in [0.25, 0.3) is 0 Å². The number of hydrogen-bond donors (Lipinski definition) is 1. The quantitative estimate of drug-likeness (QED) is 0.846. The average Bonchev–Trinajstić information content (AvgIpc) is 2.32. The summed E-state index contributed by atoms with van der Waals surface area (Å²) in [7, 11) is 1.63. The largest absolute Gasteiger partial charge is 0.390 e. The number of alkyl halides is 3. The second-order valence-electron chi connectivity index (χ2n) is 5.07. The van der Waals surface area contributed by atoms with Crippen LogP contribution in [-0.4, -0.2) is 25.8 Å². The predicted molar refractivity (Wildman–Crippen MR) is 77.4 cm³/mol. The lowest BCUT2D eigenvalue weighted by Gasteiger charge is -2.25. The first-order valence-corrected chi connectivity index (χ1v) is 6.87. The molecule has 1 rings (SSSR count). The monoisotopic (exact) mass is 308 g/mol. The van der Waals surface area contributed by atoms with Crippen molar-refractivity contribution in [2.45, 2.75) is 39.0 Å². The van der Waals surface area contributed by atoms with Gasteiger partial charge in [0, 0.05) is 26.2 Å². The molecule has 0 saturated heterocycles. The molecule has 0 spiro atoms. The Morgan fingerprint density at radius 2 is 1.95 bits per heavy atom. The third kappa shape index (κ3) is 5.59. The molecule has 0 atom stereocenters. The normalized spacial score (nSPS) is 12.0. The highest BCUT2D eigenvalue weighted by atomic mass is 35.5. The molecule has 0 aliphatic carbocycles. The van der Waals surface area contributed by atoms with Gasteiger partial charge in [-0.1, -0.05) is 37.6 Å². The summed E-state index contributed by atoms with van der Waals surface area (Å²) in [6.45, 7) is 4.49. The van der Waals surface area contributed by atoms with Gasteiger partial charge in [-0.2, -0.15) is 13.2 Å². The summed E-state index contributed by atoms with van der Waals surface area (Å²) in [6.07, 6.45) is -5.02. The first-order chi connectivity index (χ1) is 9.20. The molecule has 114 valence electrons. The molecular formula is C14H20ClF3N2. The van der Waals surface area contributed by atoms with Crippen LogP contribution in [0.2, 0.25) is 5.02 Å². The third-order valence-corrected chi connectivity index (χ3v) is 3.19. The zero-order valence-electron chi connectivity index (χ0n) is 11.9. The first-order valence-electron chi connectivity index (χ1n) is 6.49. The van der Waals surface area contributed by atoms with Crippen molar-refractivity contribution in [3.8, 4) is 0 Å². The van der Waals surface area contributed by atoms with Crippen molar-refractivity contribution in [2.24, 2.45) is 0 Å². The van der Waals surface area contributed by atoms with Gasteiger partial charge in [0.05, 0.1) is 17.1 Å². The van der Waals surface area contributed by atoms with E-state index < -0.39 is 12.6 Å². The number of halogens is 4. The standard InChI is InChI=1S/C14H20ClF3N2/c1-10(2)19-9-11-5-4-6-12(15)13(11)20(3)8-7-14(16,17)18/h4-6,10,19H,7-9H2,1-3H3. The van der Waals surface area contributed by atoms with Crippen LogP contribution in [0.15, 0.2) is 18.2 Å². The van der Waals surface area contributed by atoms with Crippen molar-refractivity contribution >= 4 is 17.3 Å². The fourth-order valence-corrected chi connectivity index (χ4v) is 2.19. The minimum absolute atomic E-state index is 0.109. The smallest absolute Gasteiger partial charge is 0.373 e. The second-order valence-corrected chi connectivity index (χ2v) is 5.48. The van der Waals surface area contributed by atoms with Gasteiger partial charge in [0.2, 0.25) is 0 Å². The molecule has 0 saturated carbocycles. The summed E-state index contributed by atoms with van der Waals surface area (Å²) in [5.74, 6) is 0. The highest BCUT2D eigenvalue weighted by Gasteiger charge is 2.27. The lowest BCUT2D eigenvalue weighted by atomic mass is 10.1. The van der Waals surface area contributed by atoms with E-state index >= 15 is 0 Å². The van der Waals surface area contributed by atoms with E-state index in [9.17, 15) is 13.2 Å². The Hall–Kier alpha value is -0.940. The Labute approximate surface area is 122 Å². The van der Waals surface area contributed by atoms with Gasteiger partial charge in [0.15, 0.2) is 0 Å². The molecule has 0 fully saturated rings. The predicted octanol–water partition coefficient (Wildman–Crippen LogP) is 4.23. The molecule has 1 aromatic carbocycles. The second kappa shape index (κ2) is 7.18. The van der Waals surface area contributed by atoms with Crippen LogP contribution in [0.4, 0.5) is 18.9 Å². The molecule has 2 nitrogen and oxygen atoms in total. The van der Waals surface area contributed by atoms with Gasteiger partial charge in [-0.3, -0.25) is 0 Å². The number of hydrogen-bond acceptors (Lipinski definition) is 2. The molecule has 0 radical (unpaired) electrons. The third-order valence-electron chi connectivity index (χ3n) is 2.88. The van der Waals surface area contributed by atoms with Gasteiger partial charge >= 0.3 is 6.18 Å². The van der Waals surface area contributed by atoms with Crippen LogP contribution < -0.4 is 10.2 Å². The average molecular weight is 309 g/mol. The van der Waals surface area contributed by atoms with Crippen LogP contribution in [0.5, 0.6) is 0 Å². The lowest BCUT2D eigenvalue weighted by molar-refractivity contribution is -0.132. The van der Waals surface area contributed by atoms with E-state index in [0.717, 1.165) is 5.56 Å². The van der Waals surface area contributed by atoms with E-state index in [4.69, 9.17) is 11.6 Å². The number of nitrogens with zero attached hydrogens (tertiary/aromatic N) is 1. The van der Waals surface area contributed by atoms with Crippen LogP contribution in [0, 0.1) is 0 Å². The van der Waals surface area contributed by atoms with Gasteiger partial charge in [-0.15, -0.1) is 0 Å². The SMILES string of the molecule is CC(C)NCc1cccc(Cl)c1N(C)CCC(F)(F)F. The van der Waals surface area contributed by atoms with Gasteiger partial charge < -0.3 is 10.2 Å². The summed E-state index contributed by atoms with van der Waals surface area (Å²) in [5.41, 5.74) is 1.56. The Balaban J connectivity index is 2.85. The zero-order valence-corrected chi connectivity index (χ0v) is 12.6. The van der Waals surface area contributed by atoms with Gasteiger partial charge in [-0.25, -0.2) is 0 Å². The molecule has 0 unspecified atom stereocenters. The molecular weight excluding hydrogens is 289 g/mol. The Morgan fingerprint density at radius 3 is 2.50 bits per heavy atom. The van der Waals surface area contributed by atoms with Gasteiger partial charge in [0.1, 0.15) is 0 Å². The minimum atomic E-state index is -4.16. The van der Waals surface area contributed by atoms with Crippen LogP contribution in [0.1, 0.15) is 25.8 Å². The first kappa shape index (κ1) is 17.1. The van der Waals surface area contributed by atoms with E-state index in [1.54, 1.807) is 24.1 Å². The molecule has 0 aliphatic rings. The fraction of sp³-hybridized carbons (Fsp3) is 0.571. The summed E-state index contributed by atoms with van der Waals surface area (Å²) in [6, 6.07) is 5.67. The van der Waals surface area contributed by atoms with Crippen molar-refractivity contribution in [1.29, 1.82) is 0 Å². The summed E-state index contributed by atoms with van der Waals surface area (Å²) in [5, 5.41) is 3.72. The maximum absolute atomic E-state index is 12.3. The van der Waals surface area contributed by atoms with Crippen molar-refractivity contribution in [3.63, 3.8) is 0 Å². The van der Waals surface area contributed by atoms with Crippen LogP contribution in [-0.2, 0) is 6.54 Å². The van der Waals surface area contributed by atoms with E-state index in [1.165, 1.54) is 0 Å². The molecule has 0 heterocycles. The molecule has 0 aliphatic heterocycles. The molecule has 0 aromatic heterocycles. The molecule has 0 bridgehead atoms. The van der Waals surface area contributed by atoms with Crippen molar-refractivity contribution in [2.75, 3.05) is 18.5 Å². The Kier molecular flexibility index (Phi) is 6.14. The minimum Gasteiger partial charge on any atom is -0.373 e. The van der Waals surface area contributed by atoms with Gasteiger partial charge in [-0.05, 0) is 11.6 Å². The number of anilines is 1.